The Labute approximate surface area is 55.8 Å². The Balaban J connectivity index is -0.0000000200. The molecule has 0 atom stereocenters. The fourth-order valence-corrected chi connectivity index (χ4v) is 0. The van der Waals surface area contributed by atoms with Gasteiger partial charge in [0.25, 0.3) is 0 Å². The molecule has 0 aliphatic carbocycles. The minimum Gasteiger partial charge on any atom is 0 e. The summed E-state index contributed by atoms with van der Waals surface area (Å²) in [6.45, 7) is 0. The van der Waals surface area contributed by atoms with Crippen LogP contribution in [0, 0.1) is 0 Å². The fraction of sp³-hybridized carbons (Fsp3) is 0. The first-order valence-corrected chi connectivity index (χ1v) is 2.82. The molecule has 1 nitrogen and oxygen atoms in total. The molecule has 0 bridgehead atoms. The molecule has 0 aromatic rings. The quantitative estimate of drug-likeness (QED) is 0.521. The largest absolute Gasteiger partial charge is 0 e. The molecule has 0 aromatic heterocycles. The van der Waals surface area contributed by atoms with E-state index < -0.39 is 0 Å². The average molecular weight is 208 g/mol. The van der Waals surface area contributed by atoms with Crippen LogP contribution in [-0.4, -0.2) is 5.48 Å². The minimum atomic E-state index is 0. The van der Waals surface area contributed by atoms with Crippen molar-refractivity contribution >= 4 is 20.2 Å². The number of rotatable bonds is 0. The SMILES string of the molecule is O.[Cl][Cu][Cl].[Fe]. The Kier molecular flexibility index (Phi) is 56.2. The van der Waals surface area contributed by atoms with Crippen molar-refractivity contribution in [3.8, 4) is 0 Å². The Bertz CT molecular complexity index is 9.61. The van der Waals surface area contributed by atoms with E-state index in [0.717, 1.165) is 13.1 Å². The van der Waals surface area contributed by atoms with E-state index in [4.69, 9.17) is 0 Å². The third-order valence-corrected chi connectivity index (χ3v) is 0. The van der Waals surface area contributed by atoms with Crippen LogP contribution in [0.4, 0.5) is 0 Å². The van der Waals surface area contributed by atoms with Gasteiger partial charge in [-0.3, -0.25) is 0 Å². The molecule has 0 aliphatic rings. The van der Waals surface area contributed by atoms with Crippen molar-refractivity contribution in [1.82, 2.24) is 0 Å². The Hall–Kier alpha value is 1.58. The summed E-state index contributed by atoms with van der Waals surface area (Å²) in [5, 5.41) is 0. The first-order valence-electron chi connectivity index (χ1n) is 0.228. The summed E-state index contributed by atoms with van der Waals surface area (Å²) in [6.07, 6.45) is 0. The zero-order valence-electron chi connectivity index (χ0n) is 1.91. The van der Waals surface area contributed by atoms with Crippen molar-refractivity contribution in [2.24, 2.45) is 0 Å². The summed E-state index contributed by atoms with van der Waals surface area (Å²) < 4.78 is 0. The summed E-state index contributed by atoms with van der Waals surface area (Å²) in [4.78, 5) is 0. The summed E-state index contributed by atoms with van der Waals surface area (Å²) in [6, 6.07) is 0. The minimum absolute atomic E-state index is 0. The zero-order chi connectivity index (χ0) is 2.71. The van der Waals surface area contributed by atoms with Gasteiger partial charge in [-0.25, -0.2) is 0 Å². The van der Waals surface area contributed by atoms with E-state index in [1.165, 1.54) is 0 Å². The maximum absolute atomic E-state index is 4.67. The van der Waals surface area contributed by atoms with Gasteiger partial charge in [-0.1, -0.05) is 0 Å². The van der Waals surface area contributed by atoms with Crippen LogP contribution in [0.3, 0.4) is 0 Å². The van der Waals surface area contributed by atoms with Gasteiger partial charge in [0.15, 0.2) is 0 Å². The molecule has 0 aliphatic heterocycles. The van der Waals surface area contributed by atoms with Gasteiger partial charge in [-0.05, 0) is 0 Å². The number of halogens is 2. The molecule has 41 valence electrons. The van der Waals surface area contributed by atoms with E-state index >= 15 is 0 Å². The smallest absolute Gasteiger partial charge is 0 e. The fourth-order valence-electron chi connectivity index (χ4n) is 0. The Morgan fingerprint density at radius 3 is 1.20 bits per heavy atom. The normalized spacial score (nSPS) is 4.40. The Morgan fingerprint density at radius 1 is 1.20 bits per heavy atom. The summed E-state index contributed by atoms with van der Waals surface area (Å²) in [5.41, 5.74) is 0. The van der Waals surface area contributed by atoms with Crippen molar-refractivity contribution in [2.45, 2.75) is 0 Å². The average Bonchev–Trinajstić information content (AvgIpc) is 0.918. The van der Waals surface area contributed by atoms with Gasteiger partial charge < -0.3 is 5.48 Å². The van der Waals surface area contributed by atoms with Gasteiger partial charge in [0.1, 0.15) is 0 Å². The van der Waals surface area contributed by atoms with Crippen LogP contribution in [0.5, 0.6) is 0 Å². The maximum Gasteiger partial charge on any atom is 0 e. The van der Waals surface area contributed by atoms with Crippen molar-refractivity contribution in [2.75, 3.05) is 0 Å². The van der Waals surface area contributed by atoms with Crippen molar-refractivity contribution in [3.05, 3.63) is 0 Å². The molecule has 2 N–H and O–H groups in total. The molecule has 0 amide bonds. The van der Waals surface area contributed by atoms with Gasteiger partial charge in [0.2, 0.25) is 0 Å². The second-order valence-corrected chi connectivity index (χ2v) is 1.60. The van der Waals surface area contributed by atoms with Crippen LogP contribution in [0.2, 0.25) is 0 Å². The molecule has 5 heavy (non-hydrogen) atoms. The standard InChI is InChI=1S/2ClH.Cu.Fe.H2O/h2*1H;;;1H2/q;;+2;;/p-2. The van der Waals surface area contributed by atoms with Gasteiger partial charge in [-0.2, -0.15) is 0 Å². The van der Waals surface area contributed by atoms with E-state index in [0.29, 0.717) is 0 Å². The van der Waals surface area contributed by atoms with Crippen LogP contribution in [-0.2, 0) is 30.2 Å². The number of hydrogen-bond acceptors (Lipinski definition) is 0. The predicted octanol–water partition coefficient (Wildman–Crippen LogP) is 0.549. The van der Waals surface area contributed by atoms with Crippen LogP contribution >= 0.6 is 20.2 Å². The van der Waals surface area contributed by atoms with Crippen molar-refractivity contribution < 1.29 is 35.7 Å². The van der Waals surface area contributed by atoms with E-state index in [1.807, 2.05) is 0 Å². The van der Waals surface area contributed by atoms with Gasteiger partial charge in [0.05, 0.1) is 0 Å². The van der Waals surface area contributed by atoms with Gasteiger partial charge >= 0.3 is 33.3 Å². The molecule has 0 unspecified atom stereocenters. The van der Waals surface area contributed by atoms with E-state index in [-0.39, 0.29) is 22.5 Å². The molecule has 0 fully saturated rings. The Morgan fingerprint density at radius 2 is 1.20 bits per heavy atom. The monoisotopic (exact) mass is 207 g/mol. The molecule has 0 aromatic carbocycles. The second kappa shape index (κ2) is 17.6. The molecule has 5 heteroatoms. The molecule has 0 rings (SSSR count). The van der Waals surface area contributed by atoms with Gasteiger partial charge in [0, 0.05) is 17.1 Å². The van der Waals surface area contributed by atoms with E-state index in [1.54, 1.807) is 0 Å². The third kappa shape index (κ3) is 28.7. The first kappa shape index (κ1) is 16.0. The molecule has 0 saturated heterocycles. The van der Waals surface area contributed by atoms with Crippen molar-refractivity contribution in [1.29, 1.82) is 0 Å². The molecule has 0 spiro atoms. The molecular formula is H2Cl2CuFeO. The number of hydrogen-bond donors (Lipinski definition) is 0. The maximum atomic E-state index is 4.67. The molecule has 0 saturated carbocycles. The van der Waals surface area contributed by atoms with Crippen LogP contribution in [0.15, 0.2) is 0 Å². The molecular weight excluding hydrogens is 206 g/mol. The first-order chi connectivity index (χ1) is 1.41. The van der Waals surface area contributed by atoms with Crippen LogP contribution < -0.4 is 0 Å². The summed E-state index contributed by atoms with van der Waals surface area (Å²) in [5.74, 6) is 0. The van der Waals surface area contributed by atoms with Crippen LogP contribution in [0.1, 0.15) is 0 Å². The van der Waals surface area contributed by atoms with Gasteiger partial charge in [-0.15, -0.1) is 0 Å². The summed E-state index contributed by atoms with van der Waals surface area (Å²) >= 11 is 0.757. The van der Waals surface area contributed by atoms with Crippen LogP contribution in [0.25, 0.3) is 0 Å². The topological polar surface area (TPSA) is 31.5 Å². The van der Waals surface area contributed by atoms with E-state index in [9.17, 15) is 0 Å². The molecule has 0 radical (unpaired) electrons. The van der Waals surface area contributed by atoms with E-state index in [2.05, 4.69) is 20.2 Å². The second-order valence-electron chi connectivity index (χ2n) is 0.0431. The predicted molar refractivity (Wildman–Crippen MR) is 15.3 cm³/mol. The third-order valence-electron chi connectivity index (χ3n) is 0. The molecule has 0 heterocycles. The zero-order valence-corrected chi connectivity index (χ0v) is 5.47. The summed E-state index contributed by atoms with van der Waals surface area (Å²) in [7, 11) is 9.34. The van der Waals surface area contributed by atoms with Crippen molar-refractivity contribution in [3.63, 3.8) is 0 Å².